The first-order valence-electron chi connectivity index (χ1n) is 12.1. The monoisotopic (exact) mass is 523 g/mol. The molecule has 2 amide bonds. The average molecular weight is 524 g/mol. The van der Waals surface area contributed by atoms with E-state index in [1.807, 2.05) is 0 Å². The third-order valence-corrected chi connectivity index (χ3v) is 7.80. The van der Waals surface area contributed by atoms with Crippen molar-refractivity contribution in [1.29, 1.82) is 0 Å². The predicted molar refractivity (Wildman–Crippen MR) is 132 cm³/mol. The molecule has 2 bridgehead atoms. The number of aryl methyl sites for hydroxylation is 1. The van der Waals surface area contributed by atoms with Crippen LogP contribution in [0.4, 0.5) is 19.0 Å². The molecule has 38 heavy (non-hydrogen) atoms. The second-order valence-corrected chi connectivity index (χ2v) is 10.2. The highest BCUT2D eigenvalue weighted by Gasteiger charge is 2.62. The number of pyridine rings is 2. The van der Waals surface area contributed by atoms with Gasteiger partial charge in [-0.15, -0.1) is 0 Å². The molecule has 0 atom stereocenters. The lowest BCUT2D eigenvalue weighted by Crippen LogP contribution is -2.63. The molecule has 3 heterocycles. The molecule has 3 saturated carbocycles. The zero-order valence-electron chi connectivity index (χ0n) is 20.7. The van der Waals surface area contributed by atoms with E-state index in [-0.39, 0.29) is 23.7 Å². The predicted octanol–water partition coefficient (Wildman–Crippen LogP) is 3.93. The lowest BCUT2D eigenvalue weighted by molar-refractivity contribution is -0.187. The van der Waals surface area contributed by atoms with E-state index in [9.17, 15) is 22.8 Å². The van der Waals surface area contributed by atoms with Gasteiger partial charge in [0.25, 0.3) is 5.91 Å². The van der Waals surface area contributed by atoms with Crippen molar-refractivity contribution in [2.75, 3.05) is 12.8 Å². The van der Waals surface area contributed by atoms with Crippen molar-refractivity contribution in [2.24, 2.45) is 18.4 Å². The molecule has 7 rings (SSSR count). The van der Waals surface area contributed by atoms with Gasteiger partial charge in [-0.25, -0.2) is 9.99 Å². The van der Waals surface area contributed by atoms with Crippen LogP contribution in [0.5, 0.6) is 0 Å². The van der Waals surface area contributed by atoms with Crippen LogP contribution in [0.15, 0.2) is 42.7 Å². The third kappa shape index (κ3) is 3.65. The second-order valence-electron chi connectivity index (χ2n) is 10.2. The van der Waals surface area contributed by atoms with Gasteiger partial charge in [0.15, 0.2) is 0 Å². The fraction of sp³-hybridized carbons (Fsp3) is 0.346. The van der Waals surface area contributed by atoms with Crippen molar-refractivity contribution >= 4 is 39.4 Å². The average Bonchev–Trinajstić information content (AvgIpc) is 3.22. The number of aromatic nitrogens is 4. The summed E-state index contributed by atoms with van der Waals surface area (Å²) in [6.45, 7) is -0.183. The van der Waals surface area contributed by atoms with Gasteiger partial charge in [0, 0.05) is 31.2 Å². The van der Waals surface area contributed by atoms with Gasteiger partial charge in [0.2, 0.25) is 5.91 Å². The molecule has 3 fully saturated rings. The Labute approximate surface area is 215 Å². The number of hydrogen-bond acceptors (Lipinski definition) is 6. The number of fused-ring (bicyclic) bond motifs is 3. The number of carbonyl (C=O) groups excluding carboxylic acids is 2. The Morgan fingerprint density at radius 3 is 2.47 bits per heavy atom. The third-order valence-electron chi connectivity index (χ3n) is 7.80. The minimum atomic E-state index is -4.53. The Morgan fingerprint density at radius 1 is 1.13 bits per heavy atom. The maximum atomic E-state index is 13.9. The van der Waals surface area contributed by atoms with E-state index < -0.39 is 23.1 Å². The van der Waals surface area contributed by atoms with Crippen LogP contribution in [0.25, 0.3) is 21.8 Å². The molecule has 0 unspecified atom stereocenters. The molecule has 9 nitrogen and oxygen atoms in total. The Bertz CT molecular complexity index is 1600. The first kappa shape index (κ1) is 24.1. The smallest absolute Gasteiger partial charge is 0.383 e. The van der Waals surface area contributed by atoms with Crippen molar-refractivity contribution in [3.8, 4) is 0 Å². The maximum Gasteiger partial charge on any atom is 0.417 e. The highest BCUT2D eigenvalue weighted by molar-refractivity contribution is 6.10. The highest BCUT2D eigenvalue weighted by atomic mass is 19.4. The summed E-state index contributed by atoms with van der Waals surface area (Å²) in [7, 11) is 3.28. The molecular formula is C26H24F3N7O2. The van der Waals surface area contributed by atoms with Gasteiger partial charge in [0.1, 0.15) is 5.82 Å². The van der Waals surface area contributed by atoms with Gasteiger partial charge in [-0.1, -0.05) is 0 Å². The van der Waals surface area contributed by atoms with Crippen LogP contribution < -0.4 is 5.73 Å². The summed E-state index contributed by atoms with van der Waals surface area (Å²) in [5.41, 5.74) is 6.50. The first-order valence-corrected chi connectivity index (χ1v) is 12.1. The number of hydrazine groups is 1. The van der Waals surface area contributed by atoms with Crippen LogP contribution in [0.1, 0.15) is 40.9 Å². The summed E-state index contributed by atoms with van der Waals surface area (Å²) < 4.78 is 40.8. The fourth-order valence-corrected chi connectivity index (χ4v) is 5.59. The normalized spacial score (nSPS) is 20.2. The second kappa shape index (κ2) is 8.14. The van der Waals surface area contributed by atoms with Gasteiger partial charge in [-0.2, -0.15) is 18.3 Å². The van der Waals surface area contributed by atoms with Crippen molar-refractivity contribution in [1.82, 2.24) is 29.8 Å². The number of alkyl halides is 3. The minimum Gasteiger partial charge on any atom is -0.383 e. The summed E-state index contributed by atoms with van der Waals surface area (Å²) >= 11 is 0. The lowest BCUT2D eigenvalue weighted by atomic mass is 9.44. The SMILES string of the molecule is CN(C(=O)C12CC(C1)C2)N(Cc1ccc(C(F)(F)F)cn1)C(=O)c1ccc2nc(N)c3cnn(C)c3c2c1. The van der Waals surface area contributed by atoms with Crippen LogP contribution in [0.3, 0.4) is 0 Å². The topological polar surface area (TPSA) is 110 Å². The molecule has 12 heteroatoms. The van der Waals surface area contributed by atoms with E-state index in [0.29, 0.717) is 33.5 Å². The summed E-state index contributed by atoms with van der Waals surface area (Å²) in [5.74, 6) is 0.195. The Morgan fingerprint density at radius 2 is 1.87 bits per heavy atom. The summed E-state index contributed by atoms with van der Waals surface area (Å²) in [4.78, 5) is 35.6. The van der Waals surface area contributed by atoms with E-state index in [4.69, 9.17) is 5.73 Å². The molecule has 3 aliphatic carbocycles. The van der Waals surface area contributed by atoms with Crippen LogP contribution in [-0.2, 0) is 24.6 Å². The van der Waals surface area contributed by atoms with Crippen molar-refractivity contribution < 1.29 is 22.8 Å². The Hall–Kier alpha value is -4.22. The van der Waals surface area contributed by atoms with E-state index in [1.54, 1.807) is 36.1 Å². The van der Waals surface area contributed by atoms with Gasteiger partial charge < -0.3 is 5.73 Å². The minimum absolute atomic E-state index is 0.176. The molecule has 2 N–H and O–H groups in total. The Balaban J connectivity index is 1.38. The Kier molecular flexibility index (Phi) is 5.17. The standard InChI is InChI=1S/C26H24F3N7O2/c1-34-21-18-7-15(3-6-20(18)33-22(30)19(21)12-32-34)23(37)36(35(2)24(38)25-8-14(9-25)10-25)13-17-5-4-16(11-31-17)26(27,28)29/h3-7,11-12,14H,8-10,13H2,1-2H3,(H2,30,33). The first-order chi connectivity index (χ1) is 18.0. The van der Waals surface area contributed by atoms with Gasteiger partial charge in [-0.05, 0) is 55.5 Å². The van der Waals surface area contributed by atoms with E-state index >= 15 is 0 Å². The molecule has 1 aromatic carbocycles. The molecule has 0 radical (unpaired) electrons. The fourth-order valence-electron chi connectivity index (χ4n) is 5.59. The molecule has 0 spiro atoms. The van der Waals surface area contributed by atoms with Gasteiger partial charge in [-0.3, -0.25) is 24.3 Å². The number of nitrogen functional groups attached to an aromatic ring is 1. The van der Waals surface area contributed by atoms with Crippen molar-refractivity contribution in [3.63, 3.8) is 0 Å². The van der Waals surface area contributed by atoms with Gasteiger partial charge >= 0.3 is 6.18 Å². The quantitative estimate of drug-likeness (QED) is 0.406. The lowest BCUT2D eigenvalue weighted by Gasteiger charge is -2.61. The number of hydrogen-bond donors (Lipinski definition) is 1. The van der Waals surface area contributed by atoms with Gasteiger partial charge in [0.05, 0.1) is 45.8 Å². The molecular weight excluding hydrogens is 499 g/mol. The summed E-state index contributed by atoms with van der Waals surface area (Å²) in [6.07, 6.45) is 0.170. The van der Waals surface area contributed by atoms with Crippen LogP contribution >= 0.6 is 0 Å². The number of amides is 2. The largest absolute Gasteiger partial charge is 0.417 e. The zero-order chi connectivity index (χ0) is 27.0. The van der Waals surface area contributed by atoms with Crippen molar-refractivity contribution in [3.05, 3.63) is 59.5 Å². The molecule has 3 aliphatic rings. The number of carbonyl (C=O) groups is 2. The van der Waals surface area contributed by atoms with E-state index in [1.165, 1.54) is 23.1 Å². The number of benzene rings is 1. The van der Waals surface area contributed by atoms with Crippen LogP contribution in [0.2, 0.25) is 0 Å². The van der Waals surface area contributed by atoms with Crippen LogP contribution in [-0.4, -0.2) is 48.6 Å². The summed E-state index contributed by atoms with van der Waals surface area (Å²) in [6, 6.07) is 7.06. The molecule has 0 aliphatic heterocycles. The van der Waals surface area contributed by atoms with E-state index in [0.717, 1.165) is 31.5 Å². The van der Waals surface area contributed by atoms with Crippen molar-refractivity contribution in [2.45, 2.75) is 32.0 Å². The zero-order valence-corrected chi connectivity index (χ0v) is 20.7. The van der Waals surface area contributed by atoms with E-state index in [2.05, 4.69) is 15.1 Å². The highest BCUT2D eigenvalue weighted by Crippen LogP contribution is 2.65. The number of halogens is 3. The summed E-state index contributed by atoms with van der Waals surface area (Å²) in [5, 5.41) is 8.09. The number of nitrogens with two attached hydrogens (primary N) is 1. The number of nitrogens with zero attached hydrogens (tertiary/aromatic N) is 6. The molecule has 3 aromatic heterocycles. The van der Waals surface area contributed by atoms with Crippen LogP contribution in [0, 0.1) is 11.3 Å². The molecule has 0 saturated heterocycles. The maximum absolute atomic E-state index is 13.9. The molecule has 4 aromatic rings. The molecule has 196 valence electrons. The number of anilines is 1. The number of rotatable bonds is 4.